The molecule has 39 heavy (non-hydrogen) atoms. The van der Waals surface area contributed by atoms with Gasteiger partial charge in [-0.2, -0.15) is 17.9 Å². The van der Waals surface area contributed by atoms with Crippen molar-refractivity contribution in [2.24, 2.45) is 0 Å². The minimum absolute atomic E-state index is 0.0780. The molecule has 2 aliphatic rings. The Morgan fingerprint density at radius 3 is 2.67 bits per heavy atom. The molecule has 0 spiro atoms. The highest BCUT2D eigenvalue weighted by molar-refractivity contribution is 7.89. The Hall–Kier alpha value is -3.03. The Morgan fingerprint density at radius 2 is 1.90 bits per heavy atom. The summed E-state index contributed by atoms with van der Waals surface area (Å²) in [6, 6.07) is 6.86. The molecule has 2 heterocycles. The molecule has 1 fully saturated rings. The first-order valence-corrected chi connectivity index (χ1v) is 14.5. The summed E-state index contributed by atoms with van der Waals surface area (Å²) < 4.78 is 73.5. The van der Waals surface area contributed by atoms with Crippen LogP contribution in [0.15, 0.2) is 45.9 Å². The van der Waals surface area contributed by atoms with Crippen molar-refractivity contribution in [3.8, 4) is 0 Å². The Morgan fingerprint density at radius 1 is 1.10 bits per heavy atom. The van der Waals surface area contributed by atoms with Crippen molar-refractivity contribution in [3.05, 3.63) is 53.1 Å². The number of halogens is 3. The lowest BCUT2D eigenvalue weighted by Crippen LogP contribution is -2.48. The average molecular weight is 566 g/mol. The Balaban J connectivity index is 1.27. The lowest BCUT2D eigenvalue weighted by Gasteiger charge is -2.30. The van der Waals surface area contributed by atoms with Crippen LogP contribution < -0.4 is 10.0 Å². The van der Waals surface area contributed by atoms with E-state index < -0.39 is 45.5 Å². The number of carbonyl (C=O) groups is 1. The smallest absolute Gasteiger partial charge is 0.349 e. The summed E-state index contributed by atoms with van der Waals surface area (Å²) in [5.41, 5.74) is 3.05. The van der Waals surface area contributed by atoms with Crippen molar-refractivity contribution in [2.75, 3.05) is 13.1 Å². The zero-order valence-corrected chi connectivity index (χ0v) is 22.0. The highest BCUT2D eigenvalue weighted by Crippen LogP contribution is 2.32. The van der Waals surface area contributed by atoms with Crippen LogP contribution in [0.5, 0.6) is 0 Å². The molecule has 0 bridgehead atoms. The second-order valence-electron chi connectivity index (χ2n) is 10.2. The fourth-order valence-electron chi connectivity index (χ4n) is 5.40. The zero-order valence-electron chi connectivity index (χ0n) is 21.2. The van der Waals surface area contributed by atoms with Crippen molar-refractivity contribution in [1.29, 1.82) is 0 Å². The third-order valence-electron chi connectivity index (χ3n) is 7.33. The number of hydrogen-bond acceptors (Lipinski definition) is 7. The van der Waals surface area contributed by atoms with Gasteiger partial charge in [0.15, 0.2) is 5.52 Å². The topological polar surface area (TPSA) is 117 Å². The molecule has 1 saturated heterocycles. The minimum Gasteiger partial charge on any atom is -0.349 e. The highest BCUT2D eigenvalue weighted by Gasteiger charge is 2.44. The molecule has 5 rings (SSSR count). The Kier molecular flexibility index (Phi) is 7.92. The highest BCUT2D eigenvalue weighted by atomic mass is 32.2. The maximum atomic E-state index is 13.9. The van der Waals surface area contributed by atoms with Gasteiger partial charge < -0.3 is 5.32 Å². The van der Waals surface area contributed by atoms with Gasteiger partial charge in [0.25, 0.3) is 0 Å². The van der Waals surface area contributed by atoms with Crippen LogP contribution in [0.4, 0.5) is 13.2 Å². The van der Waals surface area contributed by atoms with Gasteiger partial charge in [-0.05, 0) is 84.3 Å². The molecule has 1 amide bonds. The Bertz CT molecular complexity index is 1440. The summed E-state index contributed by atoms with van der Waals surface area (Å²) in [6.45, 7) is 3.00. The molecule has 0 radical (unpaired) electrons. The summed E-state index contributed by atoms with van der Waals surface area (Å²) in [7, 11) is -4.70. The van der Waals surface area contributed by atoms with Gasteiger partial charge in [0.05, 0.1) is 12.5 Å². The SMILES string of the molecule is O=C(CC(NS(=O)(=O)c1cccc2nonc12)C(F)(F)F)NC1CCCc2cc(CN3CCCCC3)ccc21. The van der Waals surface area contributed by atoms with Crippen LogP contribution >= 0.6 is 0 Å². The van der Waals surface area contributed by atoms with Crippen LogP contribution in [0.3, 0.4) is 0 Å². The van der Waals surface area contributed by atoms with E-state index in [1.807, 2.05) is 12.1 Å². The van der Waals surface area contributed by atoms with Crippen LogP contribution in [0, 0.1) is 0 Å². The van der Waals surface area contributed by atoms with Gasteiger partial charge in [-0.15, -0.1) is 0 Å². The average Bonchev–Trinajstić information content (AvgIpc) is 3.37. The van der Waals surface area contributed by atoms with Crippen molar-refractivity contribution in [2.45, 2.75) is 74.6 Å². The number of benzene rings is 2. The van der Waals surface area contributed by atoms with E-state index in [2.05, 4.69) is 31.2 Å². The van der Waals surface area contributed by atoms with Crippen molar-refractivity contribution in [3.63, 3.8) is 0 Å². The van der Waals surface area contributed by atoms with E-state index in [1.54, 1.807) is 4.72 Å². The summed E-state index contributed by atoms with van der Waals surface area (Å²) in [5, 5.41) is 9.71. The van der Waals surface area contributed by atoms with Crippen LogP contribution in [-0.4, -0.2) is 54.8 Å². The third kappa shape index (κ3) is 6.42. The van der Waals surface area contributed by atoms with Gasteiger partial charge in [-0.3, -0.25) is 9.69 Å². The molecule has 0 saturated carbocycles. The number of fused-ring (bicyclic) bond motifs is 2. The molecule has 1 aliphatic heterocycles. The summed E-state index contributed by atoms with van der Waals surface area (Å²) >= 11 is 0. The number of likely N-dealkylation sites (tertiary alicyclic amines) is 1. The zero-order chi connectivity index (χ0) is 27.6. The summed E-state index contributed by atoms with van der Waals surface area (Å²) in [4.78, 5) is 14.7. The minimum atomic E-state index is -5.01. The van der Waals surface area contributed by atoms with Crippen LogP contribution in [0.2, 0.25) is 0 Å². The van der Waals surface area contributed by atoms with Crippen molar-refractivity contribution in [1.82, 2.24) is 25.3 Å². The molecule has 210 valence electrons. The first-order valence-electron chi connectivity index (χ1n) is 13.0. The van der Waals surface area contributed by atoms with E-state index in [0.717, 1.165) is 49.7 Å². The van der Waals surface area contributed by atoms with Crippen molar-refractivity contribution < 1.29 is 31.0 Å². The van der Waals surface area contributed by atoms with Crippen LogP contribution in [0.25, 0.3) is 11.0 Å². The number of nitrogens with one attached hydrogen (secondary N) is 2. The quantitative estimate of drug-likeness (QED) is 0.424. The number of amides is 1. The van der Waals surface area contributed by atoms with E-state index in [4.69, 9.17) is 0 Å². The number of piperidine rings is 1. The fourth-order valence-corrected chi connectivity index (χ4v) is 6.78. The largest absolute Gasteiger partial charge is 0.405 e. The van der Waals surface area contributed by atoms with E-state index in [1.165, 1.54) is 37.0 Å². The number of sulfonamides is 1. The predicted molar refractivity (Wildman–Crippen MR) is 136 cm³/mol. The van der Waals surface area contributed by atoms with E-state index >= 15 is 0 Å². The summed E-state index contributed by atoms with van der Waals surface area (Å²) in [5.74, 6) is -0.892. The van der Waals surface area contributed by atoms with Crippen LogP contribution in [-0.2, 0) is 27.8 Å². The van der Waals surface area contributed by atoms with E-state index in [0.29, 0.717) is 6.42 Å². The molecule has 2 aromatic carbocycles. The molecular formula is C26H30F3N5O4S. The number of rotatable bonds is 8. The van der Waals surface area contributed by atoms with Gasteiger partial charge in [-0.25, -0.2) is 13.0 Å². The molecule has 2 unspecified atom stereocenters. The fraction of sp³-hybridized carbons (Fsp3) is 0.500. The summed E-state index contributed by atoms with van der Waals surface area (Å²) in [6.07, 6.45) is -0.244. The molecule has 3 aromatic rings. The van der Waals surface area contributed by atoms with Gasteiger partial charge in [-0.1, -0.05) is 30.7 Å². The first-order chi connectivity index (χ1) is 18.6. The van der Waals surface area contributed by atoms with Gasteiger partial charge in [0.1, 0.15) is 16.5 Å². The monoisotopic (exact) mass is 565 g/mol. The number of aryl methyl sites for hydroxylation is 1. The standard InChI is InChI=1S/C26H30F3N5O4S/c27-26(28,29)23(33-39(36,37)22-9-5-8-21-25(22)32-38-31-21)15-24(35)30-20-7-4-6-18-14-17(10-11-19(18)20)16-34-12-2-1-3-13-34/h5,8-11,14,20,23,33H,1-4,6-7,12-13,15-16H2,(H,30,35). The Labute approximate surface area is 224 Å². The second kappa shape index (κ2) is 11.2. The lowest BCUT2D eigenvalue weighted by atomic mass is 9.86. The molecule has 2 atom stereocenters. The normalized spacial score (nSPS) is 19.5. The molecule has 9 nitrogen and oxygen atoms in total. The molecule has 2 N–H and O–H groups in total. The lowest BCUT2D eigenvalue weighted by molar-refractivity contribution is -0.158. The first kappa shape index (κ1) is 27.5. The van der Waals surface area contributed by atoms with Crippen LogP contribution in [0.1, 0.15) is 61.3 Å². The maximum Gasteiger partial charge on any atom is 0.405 e. The van der Waals surface area contributed by atoms with Gasteiger partial charge in [0.2, 0.25) is 15.9 Å². The number of nitrogens with zero attached hydrogens (tertiary/aromatic N) is 3. The number of carbonyl (C=O) groups excluding carboxylic acids is 1. The van der Waals surface area contributed by atoms with Crippen molar-refractivity contribution >= 4 is 27.0 Å². The van der Waals surface area contributed by atoms with Gasteiger partial charge in [0, 0.05) is 6.54 Å². The maximum absolute atomic E-state index is 13.9. The number of hydrogen-bond donors (Lipinski definition) is 2. The van der Waals surface area contributed by atoms with E-state index in [9.17, 15) is 26.4 Å². The van der Waals surface area contributed by atoms with Gasteiger partial charge >= 0.3 is 6.18 Å². The number of alkyl halides is 3. The molecular weight excluding hydrogens is 535 g/mol. The predicted octanol–water partition coefficient (Wildman–Crippen LogP) is 4.00. The second-order valence-corrected chi connectivity index (χ2v) is 11.9. The van der Waals surface area contributed by atoms with E-state index in [-0.39, 0.29) is 11.0 Å². The molecule has 1 aromatic heterocycles. The molecule has 13 heteroatoms. The number of aromatic nitrogens is 2. The molecule has 1 aliphatic carbocycles. The third-order valence-corrected chi connectivity index (χ3v) is 8.84.